The largest absolute Gasteiger partial charge is 0.494 e. The van der Waals surface area contributed by atoms with E-state index in [-0.39, 0.29) is 23.5 Å². The van der Waals surface area contributed by atoms with Crippen LogP contribution >= 0.6 is 0 Å². The molecule has 1 aliphatic carbocycles. The van der Waals surface area contributed by atoms with Crippen LogP contribution in [0.4, 0.5) is 8.78 Å². The summed E-state index contributed by atoms with van der Waals surface area (Å²) in [5.74, 6) is -1.15. The van der Waals surface area contributed by atoms with Gasteiger partial charge in [0.05, 0.1) is 37.5 Å². The molecule has 3 heterocycles. The van der Waals surface area contributed by atoms with Crippen LogP contribution in [0.1, 0.15) is 48.2 Å². The van der Waals surface area contributed by atoms with Crippen LogP contribution in [0.25, 0.3) is 16.8 Å². The Morgan fingerprint density at radius 1 is 1.00 bits per heavy atom. The molecule has 0 atom stereocenters. The van der Waals surface area contributed by atoms with Gasteiger partial charge in [-0.2, -0.15) is 0 Å². The summed E-state index contributed by atoms with van der Waals surface area (Å²) in [6, 6.07) is 3.23. The van der Waals surface area contributed by atoms with Gasteiger partial charge in [0.2, 0.25) is 0 Å². The Morgan fingerprint density at radius 3 is 2.39 bits per heavy atom. The van der Waals surface area contributed by atoms with E-state index in [0.717, 1.165) is 66.3 Å². The molecule has 0 unspecified atom stereocenters. The molecule has 2 aliphatic rings. The molecule has 3 aromatic rings. The van der Waals surface area contributed by atoms with E-state index in [4.69, 9.17) is 14.5 Å². The molecule has 1 saturated heterocycles. The SMILES string of the molecule is CCN1CCC(c2cncc(-c3cnc4c(c3)C(Cc3c(F)c(OC)cc(OC)c3F)=CC4)n2)CC1. The Bertz CT molecular complexity index is 1270. The molecule has 1 aliphatic heterocycles. The van der Waals surface area contributed by atoms with Crippen molar-refractivity contribution < 1.29 is 18.3 Å². The summed E-state index contributed by atoms with van der Waals surface area (Å²) in [7, 11) is 2.70. The molecule has 0 radical (unpaired) electrons. The summed E-state index contributed by atoms with van der Waals surface area (Å²) in [6.07, 6.45) is 10.2. The molecular weight excluding hydrogens is 462 g/mol. The lowest BCUT2D eigenvalue weighted by molar-refractivity contribution is 0.221. The number of fused-ring (bicyclic) bond motifs is 1. The summed E-state index contributed by atoms with van der Waals surface area (Å²) in [6.45, 7) is 5.41. The second-order valence-corrected chi connectivity index (χ2v) is 9.25. The van der Waals surface area contributed by atoms with Gasteiger partial charge >= 0.3 is 0 Å². The van der Waals surface area contributed by atoms with Gasteiger partial charge in [0, 0.05) is 53.9 Å². The van der Waals surface area contributed by atoms with E-state index in [1.54, 1.807) is 12.4 Å². The normalized spacial score (nSPS) is 16.1. The second-order valence-electron chi connectivity index (χ2n) is 9.25. The first-order valence-electron chi connectivity index (χ1n) is 12.3. The zero-order chi connectivity index (χ0) is 25.2. The van der Waals surface area contributed by atoms with E-state index < -0.39 is 11.6 Å². The first-order valence-corrected chi connectivity index (χ1v) is 12.3. The van der Waals surface area contributed by atoms with Crippen molar-refractivity contribution in [3.8, 4) is 22.8 Å². The monoisotopic (exact) mass is 492 g/mol. The lowest BCUT2D eigenvalue weighted by Gasteiger charge is -2.30. The third kappa shape index (κ3) is 4.57. The van der Waals surface area contributed by atoms with Gasteiger partial charge in [-0.25, -0.2) is 13.8 Å². The lowest BCUT2D eigenvalue weighted by Crippen LogP contribution is -2.32. The Morgan fingerprint density at radius 2 is 1.72 bits per heavy atom. The number of benzene rings is 1. The number of likely N-dealkylation sites (tertiary alicyclic amines) is 1. The van der Waals surface area contributed by atoms with Gasteiger partial charge in [0.1, 0.15) is 0 Å². The lowest BCUT2D eigenvalue weighted by atomic mass is 9.93. The topological polar surface area (TPSA) is 60.4 Å². The van der Waals surface area contributed by atoms with Crippen molar-refractivity contribution in [1.82, 2.24) is 19.9 Å². The first kappa shape index (κ1) is 24.3. The predicted molar refractivity (Wildman–Crippen MR) is 134 cm³/mol. The van der Waals surface area contributed by atoms with Gasteiger partial charge in [0.25, 0.3) is 0 Å². The molecule has 8 heteroatoms. The Kier molecular flexibility index (Phi) is 6.96. The van der Waals surface area contributed by atoms with E-state index in [1.165, 1.54) is 20.3 Å². The standard InChI is InChI=1S/C28H30F2N4O2/c1-4-34-9-7-17(8-10-34)23-15-31-16-24(33-23)19-12-20-18(5-6-22(20)32-14-19)11-21-27(29)25(35-2)13-26(36-3)28(21)30/h5,12-17H,4,6-11H2,1-3H3. The number of nitrogens with zero attached hydrogens (tertiary/aromatic N) is 4. The van der Waals surface area contributed by atoms with Crippen molar-refractivity contribution in [2.45, 2.75) is 38.5 Å². The van der Waals surface area contributed by atoms with Crippen LogP contribution in [0.5, 0.6) is 11.5 Å². The van der Waals surface area contributed by atoms with Crippen LogP contribution < -0.4 is 9.47 Å². The maximum atomic E-state index is 15.0. The highest BCUT2D eigenvalue weighted by atomic mass is 19.1. The summed E-state index contributed by atoms with van der Waals surface area (Å²) in [4.78, 5) is 16.5. The van der Waals surface area contributed by atoms with Crippen molar-refractivity contribution in [2.75, 3.05) is 33.9 Å². The maximum Gasteiger partial charge on any atom is 0.171 e. The minimum absolute atomic E-state index is 0.0502. The van der Waals surface area contributed by atoms with Crippen molar-refractivity contribution in [2.24, 2.45) is 0 Å². The molecule has 0 spiro atoms. The van der Waals surface area contributed by atoms with E-state index in [2.05, 4.69) is 21.8 Å². The third-order valence-electron chi connectivity index (χ3n) is 7.29. The second kappa shape index (κ2) is 10.3. The highest BCUT2D eigenvalue weighted by molar-refractivity contribution is 5.77. The number of aromatic nitrogens is 3. The minimum atomic E-state index is -0.720. The number of allylic oxidation sites excluding steroid dienone is 2. The smallest absolute Gasteiger partial charge is 0.171 e. The maximum absolute atomic E-state index is 15.0. The Balaban J connectivity index is 1.43. The summed E-state index contributed by atoms with van der Waals surface area (Å²) in [5, 5.41) is 0. The van der Waals surface area contributed by atoms with Crippen LogP contribution in [0.2, 0.25) is 0 Å². The van der Waals surface area contributed by atoms with Gasteiger partial charge in [0.15, 0.2) is 23.1 Å². The molecule has 1 fully saturated rings. The molecule has 1 aromatic carbocycles. The number of hydrogen-bond donors (Lipinski definition) is 0. The fraction of sp³-hybridized carbons (Fsp3) is 0.393. The average Bonchev–Trinajstić information content (AvgIpc) is 3.33. The van der Waals surface area contributed by atoms with Crippen molar-refractivity contribution in [3.05, 3.63) is 70.9 Å². The molecule has 5 rings (SSSR count). The molecule has 6 nitrogen and oxygen atoms in total. The third-order valence-corrected chi connectivity index (χ3v) is 7.29. The van der Waals surface area contributed by atoms with Crippen LogP contribution in [0, 0.1) is 11.6 Å². The number of pyridine rings is 1. The molecular formula is C28H30F2N4O2. The molecule has 0 bridgehead atoms. The Hall–Kier alpha value is -3.39. The quantitative estimate of drug-likeness (QED) is 0.451. The van der Waals surface area contributed by atoms with Gasteiger partial charge < -0.3 is 14.4 Å². The van der Waals surface area contributed by atoms with Crippen LogP contribution in [0.15, 0.2) is 36.8 Å². The van der Waals surface area contributed by atoms with E-state index in [1.807, 2.05) is 18.3 Å². The number of piperidine rings is 1. The molecule has 188 valence electrons. The van der Waals surface area contributed by atoms with Crippen molar-refractivity contribution in [3.63, 3.8) is 0 Å². The average molecular weight is 493 g/mol. The molecule has 0 amide bonds. The van der Waals surface area contributed by atoms with Gasteiger partial charge in [-0.05, 0) is 44.1 Å². The summed E-state index contributed by atoms with van der Waals surface area (Å²) in [5.41, 5.74) is 5.07. The molecule has 0 saturated carbocycles. The predicted octanol–water partition coefficient (Wildman–Crippen LogP) is 5.22. The number of hydrogen-bond acceptors (Lipinski definition) is 6. The zero-order valence-electron chi connectivity index (χ0n) is 20.9. The highest BCUT2D eigenvalue weighted by Crippen LogP contribution is 2.37. The number of ether oxygens (including phenoxy) is 2. The van der Waals surface area contributed by atoms with Gasteiger partial charge in [-0.3, -0.25) is 9.97 Å². The summed E-state index contributed by atoms with van der Waals surface area (Å²) < 4.78 is 40.2. The summed E-state index contributed by atoms with van der Waals surface area (Å²) >= 11 is 0. The number of rotatable bonds is 7. The minimum Gasteiger partial charge on any atom is -0.494 e. The van der Waals surface area contributed by atoms with Crippen LogP contribution in [0.3, 0.4) is 0 Å². The van der Waals surface area contributed by atoms with Crippen LogP contribution in [-0.4, -0.2) is 53.7 Å². The Labute approximate surface area is 210 Å². The van der Waals surface area contributed by atoms with E-state index in [9.17, 15) is 0 Å². The number of halogens is 2. The van der Waals surface area contributed by atoms with Crippen molar-refractivity contribution >= 4 is 5.57 Å². The van der Waals surface area contributed by atoms with Gasteiger partial charge in [-0.1, -0.05) is 13.0 Å². The molecule has 36 heavy (non-hydrogen) atoms. The first-order chi connectivity index (χ1) is 17.5. The molecule has 2 aromatic heterocycles. The molecule has 0 N–H and O–H groups in total. The van der Waals surface area contributed by atoms with Crippen molar-refractivity contribution in [1.29, 1.82) is 0 Å². The highest BCUT2D eigenvalue weighted by Gasteiger charge is 2.25. The van der Waals surface area contributed by atoms with E-state index in [0.29, 0.717) is 12.3 Å². The zero-order valence-corrected chi connectivity index (χ0v) is 20.9. The fourth-order valence-electron chi connectivity index (χ4n) is 5.12. The van der Waals surface area contributed by atoms with Gasteiger partial charge in [-0.15, -0.1) is 0 Å². The fourth-order valence-corrected chi connectivity index (χ4v) is 5.12. The van der Waals surface area contributed by atoms with E-state index >= 15 is 8.78 Å². The van der Waals surface area contributed by atoms with Crippen LogP contribution in [-0.2, 0) is 12.8 Å². The number of methoxy groups -OCH3 is 2.